The second-order valence-corrected chi connectivity index (χ2v) is 7.88. The number of methoxy groups -OCH3 is 2. The lowest BCUT2D eigenvalue weighted by atomic mass is 10.0. The molecule has 0 radical (unpaired) electrons. The molecule has 3 amide bonds. The van der Waals surface area contributed by atoms with Crippen molar-refractivity contribution < 1.29 is 33.7 Å². The fourth-order valence-corrected chi connectivity index (χ4v) is 3.71. The molecule has 2 fully saturated rings. The summed E-state index contributed by atoms with van der Waals surface area (Å²) in [6.45, 7) is 2.65. The molecule has 1 aromatic rings. The van der Waals surface area contributed by atoms with Crippen molar-refractivity contribution in [1.82, 2.24) is 20.1 Å². The van der Waals surface area contributed by atoms with Gasteiger partial charge in [0.1, 0.15) is 0 Å². The van der Waals surface area contributed by atoms with Crippen LogP contribution < -0.4 is 10.1 Å². The highest BCUT2D eigenvalue weighted by Gasteiger charge is 2.41. The van der Waals surface area contributed by atoms with Crippen LogP contribution in [0, 0.1) is 0 Å². The Kier molecular flexibility index (Phi) is 8.10. The monoisotopic (exact) mass is 462 g/mol. The lowest BCUT2D eigenvalue weighted by molar-refractivity contribution is -0.151. The summed E-state index contributed by atoms with van der Waals surface area (Å²) in [5, 5.41) is 11.8. The summed E-state index contributed by atoms with van der Waals surface area (Å²) in [5.74, 6) is 0.181. The van der Waals surface area contributed by atoms with E-state index in [4.69, 9.17) is 9.47 Å². The van der Waals surface area contributed by atoms with Crippen LogP contribution >= 0.6 is 0 Å². The Morgan fingerprint density at radius 2 is 2.12 bits per heavy atom. The van der Waals surface area contributed by atoms with Gasteiger partial charge in [-0.05, 0) is 37.5 Å². The molecule has 2 atom stereocenters. The number of alkyl carbamates (subject to hydrolysis) is 1. The standard InChI is InChI=1S/C22H30N4O7/c1-14(15-11-16(24-19(12-15)31-2)5-4-8-23-21(28)32-3)26(17-6-7-17)20(27)18-13-25(22(29)30)9-10-33-18/h4-5,11-12,14,17-18H,6-10,13H2,1-3H3,(H,23,28)(H,29,30)/t14?,18-/m1/s1. The van der Waals surface area contributed by atoms with E-state index in [1.165, 1.54) is 19.1 Å². The SMILES string of the molecule is COC(=O)NCC=Cc1cc(C(C)N(C(=O)[C@H]2CN(C(=O)O)CCO2)C2CC2)cc(OC)n1. The van der Waals surface area contributed by atoms with Gasteiger partial charge in [-0.3, -0.25) is 4.79 Å². The summed E-state index contributed by atoms with van der Waals surface area (Å²) in [4.78, 5) is 43.3. The third-order valence-corrected chi connectivity index (χ3v) is 5.60. The van der Waals surface area contributed by atoms with Crippen LogP contribution in [-0.4, -0.2) is 90.6 Å². The van der Waals surface area contributed by atoms with Crippen molar-refractivity contribution in [1.29, 1.82) is 0 Å². The number of pyridine rings is 1. The number of nitrogens with one attached hydrogen (secondary N) is 1. The van der Waals surface area contributed by atoms with E-state index in [1.54, 1.807) is 23.1 Å². The second-order valence-electron chi connectivity index (χ2n) is 7.88. The minimum Gasteiger partial charge on any atom is -0.481 e. The number of amides is 3. The van der Waals surface area contributed by atoms with Crippen molar-refractivity contribution in [3.63, 3.8) is 0 Å². The molecule has 2 heterocycles. The van der Waals surface area contributed by atoms with Crippen molar-refractivity contribution in [2.45, 2.75) is 38.0 Å². The molecule has 1 unspecified atom stereocenters. The van der Waals surface area contributed by atoms with E-state index in [0.29, 0.717) is 11.6 Å². The maximum Gasteiger partial charge on any atom is 0.407 e. The predicted molar refractivity (Wildman–Crippen MR) is 118 cm³/mol. The smallest absolute Gasteiger partial charge is 0.407 e. The van der Waals surface area contributed by atoms with Gasteiger partial charge in [-0.15, -0.1) is 0 Å². The topological polar surface area (TPSA) is 131 Å². The Labute approximate surface area is 192 Å². The zero-order valence-electron chi connectivity index (χ0n) is 19.0. The van der Waals surface area contributed by atoms with Gasteiger partial charge >= 0.3 is 12.2 Å². The van der Waals surface area contributed by atoms with Gasteiger partial charge in [0, 0.05) is 25.2 Å². The molecule has 3 rings (SSSR count). The number of hydrogen-bond acceptors (Lipinski definition) is 7. The fraction of sp³-hybridized carbons (Fsp3) is 0.545. The van der Waals surface area contributed by atoms with Gasteiger partial charge in [-0.2, -0.15) is 0 Å². The minimum atomic E-state index is -1.06. The van der Waals surface area contributed by atoms with Crippen LogP contribution in [0.5, 0.6) is 5.88 Å². The molecule has 11 heteroatoms. The average Bonchev–Trinajstić information content (AvgIpc) is 3.66. The number of hydrogen-bond donors (Lipinski definition) is 2. The predicted octanol–water partition coefficient (Wildman–Crippen LogP) is 1.89. The molecule has 0 spiro atoms. The highest BCUT2D eigenvalue weighted by Crippen LogP contribution is 2.36. The van der Waals surface area contributed by atoms with Crippen LogP contribution in [0.1, 0.15) is 37.1 Å². The van der Waals surface area contributed by atoms with Crippen molar-refractivity contribution in [2.75, 3.05) is 40.5 Å². The van der Waals surface area contributed by atoms with Crippen LogP contribution in [0.15, 0.2) is 18.2 Å². The molecule has 2 N–H and O–H groups in total. The van der Waals surface area contributed by atoms with E-state index in [2.05, 4.69) is 15.0 Å². The Bertz CT molecular complexity index is 903. The highest BCUT2D eigenvalue weighted by molar-refractivity contribution is 5.83. The Hall–Kier alpha value is -3.34. The van der Waals surface area contributed by atoms with Gasteiger partial charge in [-0.25, -0.2) is 14.6 Å². The van der Waals surface area contributed by atoms with Crippen molar-refractivity contribution in [3.8, 4) is 5.88 Å². The van der Waals surface area contributed by atoms with Gasteiger partial charge in [-0.1, -0.05) is 6.08 Å². The lowest BCUT2D eigenvalue weighted by Gasteiger charge is -2.36. The largest absolute Gasteiger partial charge is 0.481 e. The summed E-state index contributed by atoms with van der Waals surface area (Å²) in [7, 11) is 2.81. The molecule has 1 saturated carbocycles. The van der Waals surface area contributed by atoms with Crippen LogP contribution in [0.3, 0.4) is 0 Å². The summed E-state index contributed by atoms with van der Waals surface area (Å²) in [5.41, 5.74) is 1.44. The van der Waals surface area contributed by atoms with Gasteiger partial charge < -0.3 is 34.4 Å². The Morgan fingerprint density at radius 3 is 2.76 bits per heavy atom. The molecule has 1 aromatic heterocycles. The number of aromatic nitrogens is 1. The molecule has 33 heavy (non-hydrogen) atoms. The summed E-state index contributed by atoms with van der Waals surface area (Å²) >= 11 is 0. The first kappa shape index (κ1) is 24.3. The quantitative estimate of drug-likeness (QED) is 0.599. The van der Waals surface area contributed by atoms with E-state index in [9.17, 15) is 19.5 Å². The Morgan fingerprint density at radius 1 is 1.36 bits per heavy atom. The molecular formula is C22H30N4O7. The lowest BCUT2D eigenvalue weighted by Crippen LogP contribution is -2.53. The number of carbonyl (C=O) groups excluding carboxylic acids is 2. The first-order valence-corrected chi connectivity index (χ1v) is 10.8. The molecule has 0 aromatic carbocycles. The third kappa shape index (κ3) is 6.35. The molecular weight excluding hydrogens is 432 g/mol. The molecule has 1 aliphatic carbocycles. The molecule has 2 aliphatic rings. The first-order valence-electron chi connectivity index (χ1n) is 10.8. The Balaban J connectivity index is 1.78. The molecule has 1 saturated heterocycles. The number of carbonyl (C=O) groups is 3. The maximum absolute atomic E-state index is 13.4. The zero-order valence-corrected chi connectivity index (χ0v) is 19.0. The van der Waals surface area contributed by atoms with Crippen LogP contribution in [0.25, 0.3) is 6.08 Å². The van der Waals surface area contributed by atoms with Crippen LogP contribution in [0.4, 0.5) is 9.59 Å². The molecule has 11 nitrogen and oxygen atoms in total. The number of nitrogens with zero attached hydrogens (tertiary/aromatic N) is 3. The van der Waals surface area contributed by atoms with Crippen molar-refractivity contribution in [2.24, 2.45) is 0 Å². The summed E-state index contributed by atoms with van der Waals surface area (Å²) < 4.78 is 15.5. The summed E-state index contributed by atoms with van der Waals surface area (Å²) in [6.07, 6.45) is 2.83. The molecule has 1 aliphatic heterocycles. The van der Waals surface area contributed by atoms with E-state index >= 15 is 0 Å². The van der Waals surface area contributed by atoms with Gasteiger partial charge in [0.05, 0.1) is 39.1 Å². The summed E-state index contributed by atoms with van der Waals surface area (Å²) in [6, 6.07) is 3.42. The molecule has 0 bridgehead atoms. The van der Waals surface area contributed by atoms with Gasteiger partial charge in [0.15, 0.2) is 6.10 Å². The van der Waals surface area contributed by atoms with Gasteiger partial charge in [0.2, 0.25) is 5.88 Å². The number of morpholine rings is 1. The second kappa shape index (κ2) is 11.0. The first-order chi connectivity index (χ1) is 15.8. The van der Waals surface area contributed by atoms with E-state index < -0.39 is 18.3 Å². The fourth-order valence-electron chi connectivity index (χ4n) is 3.71. The van der Waals surface area contributed by atoms with Crippen LogP contribution in [-0.2, 0) is 14.3 Å². The highest BCUT2D eigenvalue weighted by atomic mass is 16.5. The average molecular weight is 463 g/mol. The van der Waals surface area contributed by atoms with Crippen molar-refractivity contribution >= 4 is 24.2 Å². The van der Waals surface area contributed by atoms with E-state index in [1.807, 2.05) is 13.0 Å². The number of carboxylic acid groups (broad SMARTS) is 1. The van der Waals surface area contributed by atoms with E-state index in [0.717, 1.165) is 18.4 Å². The minimum absolute atomic E-state index is 0.0188. The van der Waals surface area contributed by atoms with Gasteiger partial charge in [0.25, 0.3) is 5.91 Å². The third-order valence-electron chi connectivity index (χ3n) is 5.60. The van der Waals surface area contributed by atoms with Crippen molar-refractivity contribution in [3.05, 3.63) is 29.5 Å². The number of ether oxygens (including phenoxy) is 3. The maximum atomic E-state index is 13.4. The van der Waals surface area contributed by atoms with Crippen LogP contribution in [0.2, 0.25) is 0 Å². The zero-order chi connectivity index (χ0) is 24.0. The number of rotatable bonds is 8. The molecule has 180 valence electrons. The van der Waals surface area contributed by atoms with E-state index in [-0.39, 0.29) is 44.2 Å². The normalized spacial score (nSPS) is 19.1.